The summed E-state index contributed by atoms with van der Waals surface area (Å²) in [5.74, 6) is 1.32. The maximum Gasteiger partial charge on any atom is 0.255 e. The van der Waals surface area contributed by atoms with Crippen molar-refractivity contribution in [1.29, 1.82) is 0 Å². The highest BCUT2D eigenvalue weighted by molar-refractivity contribution is 9.10. The molecule has 0 spiro atoms. The fourth-order valence-corrected chi connectivity index (χ4v) is 3.24. The predicted molar refractivity (Wildman–Crippen MR) is 120 cm³/mol. The molecule has 0 saturated heterocycles. The molecule has 0 fully saturated rings. The number of aryl methyl sites for hydroxylation is 2. The topological polar surface area (TPSA) is 47.6 Å². The lowest BCUT2D eigenvalue weighted by atomic mass is 10.1. The van der Waals surface area contributed by atoms with Gasteiger partial charge in [-0.3, -0.25) is 4.79 Å². The van der Waals surface area contributed by atoms with E-state index >= 15 is 0 Å². The number of ether oxygens (including phenoxy) is 2. The lowest BCUT2D eigenvalue weighted by Crippen LogP contribution is -2.13. The number of para-hydroxylation sites is 1. The highest BCUT2D eigenvalue weighted by atomic mass is 79.9. The molecule has 0 unspecified atom stereocenters. The molecule has 0 bridgehead atoms. The molecule has 0 saturated carbocycles. The number of halogens is 1. The van der Waals surface area contributed by atoms with Gasteiger partial charge in [0.05, 0.1) is 12.3 Å². The average Bonchev–Trinajstić information content (AvgIpc) is 2.71. The van der Waals surface area contributed by atoms with Crippen molar-refractivity contribution in [1.82, 2.24) is 0 Å². The van der Waals surface area contributed by atoms with Gasteiger partial charge >= 0.3 is 0 Å². The van der Waals surface area contributed by atoms with E-state index < -0.39 is 0 Å². The number of hydrogen-bond donors (Lipinski definition) is 1. The number of amides is 1. The van der Waals surface area contributed by atoms with Gasteiger partial charge in [-0.15, -0.1) is 0 Å². The SMILES string of the molecule is CCOc1ccc(C(=O)Nc2ccccc2Br)cc1COc1ccc(C)c(C)c1. The van der Waals surface area contributed by atoms with E-state index in [0.29, 0.717) is 24.5 Å². The first-order valence-corrected chi connectivity index (χ1v) is 10.3. The lowest BCUT2D eigenvalue weighted by molar-refractivity contribution is 0.102. The largest absolute Gasteiger partial charge is 0.493 e. The van der Waals surface area contributed by atoms with E-state index in [-0.39, 0.29) is 5.91 Å². The van der Waals surface area contributed by atoms with Crippen molar-refractivity contribution >= 4 is 27.5 Å². The summed E-state index contributed by atoms with van der Waals surface area (Å²) in [7, 11) is 0. The van der Waals surface area contributed by atoms with Crippen LogP contribution in [0, 0.1) is 13.8 Å². The van der Waals surface area contributed by atoms with Gasteiger partial charge in [-0.2, -0.15) is 0 Å². The smallest absolute Gasteiger partial charge is 0.255 e. The highest BCUT2D eigenvalue weighted by Crippen LogP contribution is 2.26. The maximum absolute atomic E-state index is 12.7. The molecule has 0 aliphatic carbocycles. The quantitative estimate of drug-likeness (QED) is 0.456. The molecule has 0 aliphatic heterocycles. The first kappa shape index (κ1) is 20.9. The van der Waals surface area contributed by atoms with Gasteiger partial charge in [0.2, 0.25) is 0 Å². The standard InChI is InChI=1S/C24H24BrNO3/c1-4-28-23-12-10-18(24(27)26-22-8-6-5-7-21(22)25)14-19(23)15-29-20-11-9-16(2)17(3)13-20/h5-14H,4,15H2,1-3H3,(H,26,27). The van der Waals surface area contributed by atoms with Crippen LogP contribution < -0.4 is 14.8 Å². The van der Waals surface area contributed by atoms with Gasteiger partial charge in [-0.25, -0.2) is 0 Å². The fourth-order valence-electron chi connectivity index (χ4n) is 2.85. The molecule has 4 nitrogen and oxygen atoms in total. The fraction of sp³-hybridized carbons (Fsp3) is 0.208. The molecule has 3 aromatic rings. The molecule has 1 N–H and O–H groups in total. The van der Waals surface area contributed by atoms with Crippen molar-refractivity contribution in [3.8, 4) is 11.5 Å². The zero-order chi connectivity index (χ0) is 20.8. The summed E-state index contributed by atoms with van der Waals surface area (Å²) in [6, 6.07) is 18.9. The number of hydrogen-bond acceptors (Lipinski definition) is 3. The summed E-state index contributed by atoms with van der Waals surface area (Å²) in [5, 5.41) is 2.93. The van der Waals surface area contributed by atoms with Crippen LogP contribution >= 0.6 is 15.9 Å². The van der Waals surface area contributed by atoms with E-state index in [9.17, 15) is 4.79 Å². The third-order valence-electron chi connectivity index (χ3n) is 4.62. The Hall–Kier alpha value is -2.79. The maximum atomic E-state index is 12.7. The van der Waals surface area contributed by atoms with E-state index in [0.717, 1.165) is 21.5 Å². The molecule has 0 radical (unpaired) electrons. The van der Waals surface area contributed by atoms with Crippen LogP contribution in [-0.2, 0) is 6.61 Å². The zero-order valence-corrected chi connectivity index (χ0v) is 18.4. The summed E-state index contributed by atoms with van der Waals surface area (Å²) in [6.45, 7) is 6.91. The van der Waals surface area contributed by atoms with Gasteiger partial charge in [-0.05, 0) is 90.3 Å². The molecule has 29 heavy (non-hydrogen) atoms. The van der Waals surface area contributed by atoms with Gasteiger partial charge in [0.25, 0.3) is 5.91 Å². The first-order valence-electron chi connectivity index (χ1n) is 9.49. The van der Waals surface area contributed by atoms with Crippen LogP contribution in [0.5, 0.6) is 11.5 Å². The molecule has 0 aliphatic rings. The normalized spacial score (nSPS) is 10.5. The van der Waals surface area contributed by atoms with Gasteiger partial charge in [-0.1, -0.05) is 18.2 Å². The monoisotopic (exact) mass is 453 g/mol. The molecule has 0 heterocycles. The molecule has 3 rings (SSSR count). The number of anilines is 1. The van der Waals surface area contributed by atoms with Crippen LogP contribution in [0.2, 0.25) is 0 Å². The Kier molecular flexibility index (Phi) is 6.94. The van der Waals surface area contributed by atoms with Crippen molar-refractivity contribution in [3.63, 3.8) is 0 Å². The molecule has 5 heteroatoms. The molecule has 0 atom stereocenters. The number of nitrogens with one attached hydrogen (secondary N) is 1. The van der Waals surface area contributed by atoms with Crippen LogP contribution in [-0.4, -0.2) is 12.5 Å². The van der Waals surface area contributed by atoms with Crippen LogP contribution in [0.1, 0.15) is 34.0 Å². The van der Waals surface area contributed by atoms with E-state index in [1.54, 1.807) is 6.07 Å². The summed E-state index contributed by atoms with van der Waals surface area (Å²) in [5.41, 5.74) is 4.49. The Morgan fingerprint density at radius 1 is 0.966 bits per heavy atom. The van der Waals surface area contributed by atoms with Crippen LogP contribution in [0.15, 0.2) is 65.1 Å². The van der Waals surface area contributed by atoms with Crippen molar-refractivity contribution in [2.45, 2.75) is 27.4 Å². The minimum absolute atomic E-state index is 0.188. The van der Waals surface area contributed by atoms with E-state index in [2.05, 4.69) is 35.1 Å². The molecular formula is C24H24BrNO3. The van der Waals surface area contributed by atoms with Gasteiger partial charge in [0.1, 0.15) is 18.1 Å². The Bertz CT molecular complexity index is 1020. The van der Waals surface area contributed by atoms with Crippen molar-refractivity contribution in [3.05, 3.63) is 87.4 Å². The summed E-state index contributed by atoms with van der Waals surface area (Å²) in [4.78, 5) is 12.7. The first-order chi connectivity index (χ1) is 14.0. The Morgan fingerprint density at radius 2 is 1.76 bits per heavy atom. The molecule has 0 aromatic heterocycles. The highest BCUT2D eigenvalue weighted by Gasteiger charge is 2.13. The summed E-state index contributed by atoms with van der Waals surface area (Å²) < 4.78 is 12.5. The Labute approximate surface area is 180 Å². The number of rotatable bonds is 7. The van der Waals surface area contributed by atoms with Crippen molar-refractivity contribution in [2.24, 2.45) is 0 Å². The minimum atomic E-state index is -0.188. The third-order valence-corrected chi connectivity index (χ3v) is 5.31. The second-order valence-electron chi connectivity index (χ2n) is 6.72. The van der Waals surface area contributed by atoms with E-state index in [4.69, 9.17) is 9.47 Å². The molecule has 3 aromatic carbocycles. The Morgan fingerprint density at radius 3 is 2.48 bits per heavy atom. The second kappa shape index (κ2) is 9.61. The van der Waals surface area contributed by atoms with Crippen LogP contribution in [0.25, 0.3) is 0 Å². The van der Waals surface area contributed by atoms with Gasteiger partial charge in [0.15, 0.2) is 0 Å². The lowest BCUT2D eigenvalue weighted by Gasteiger charge is -2.14. The van der Waals surface area contributed by atoms with Gasteiger partial charge in [0, 0.05) is 15.6 Å². The Balaban J connectivity index is 1.80. The molecular weight excluding hydrogens is 430 g/mol. The van der Waals surface area contributed by atoms with Crippen molar-refractivity contribution < 1.29 is 14.3 Å². The number of carbonyl (C=O) groups excluding carboxylic acids is 1. The van der Waals surface area contributed by atoms with Crippen LogP contribution in [0.3, 0.4) is 0 Å². The molecule has 150 valence electrons. The third kappa shape index (κ3) is 5.39. The molecule has 1 amide bonds. The van der Waals surface area contributed by atoms with Gasteiger partial charge < -0.3 is 14.8 Å². The van der Waals surface area contributed by atoms with Crippen molar-refractivity contribution in [2.75, 3.05) is 11.9 Å². The number of benzene rings is 3. The average molecular weight is 454 g/mol. The summed E-state index contributed by atoms with van der Waals surface area (Å²) >= 11 is 3.45. The summed E-state index contributed by atoms with van der Waals surface area (Å²) in [6.07, 6.45) is 0. The van der Waals surface area contributed by atoms with E-state index in [1.165, 1.54) is 11.1 Å². The predicted octanol–water partition coefficient (Wildman–Crippen LogP) is 6.30. The minimum Gasteiger partial charge on any atom is -0.493 e. The zero-order valence-electron chi connectivity index (χ0n) is 16.8. The number of carbonyl (C=O) groups is 1. The van der Waals surface area contributed by atoms with E-state index in [1.807, 2.05) is 61.5 Å². The second-order valence-corrected chi connectivity index (χ2v) is 7.58. The van der Waals surface area contributed by atoms with Crippen LogP contribution in [0.4, 0.5) is 5.69 Å².